The fourth-order valence-corrected chi connectivity index (χ4v) is 2.22. The average molecular weight is 283 g/mol. The number of ether oxygens (including phenoxy) is 1. The molecule has 1 rings (SSSR count). The summed E-state index contributed by atoms with van der Waals surface area (Å²) in [6, 6.07) is 3.05. The lowest BCUT2D eigenvalue weighted by Crippen LogP contribution is -2.07. The third-order valence-corrected chi connectivity index (χ3v) is 3.14. The quantitative estimate of drug-likeness (QED) is 0.611. The van der Waals surface area contributed by atoms with Crippen molar-refractivity contribution < 1.29 is 19.4 Å². The number of carbonyl (C=O) groups is 2. The zero-order valence-corrected chi connectivity index (χ0v) is 11.8. The normalized spacial score (nSPS) is 10.2. The first-order valence-electron chi connectivity index (χ1n) is 6.09. The molecule has 1 aromatic rings. The molecular weight excluding hydrogens is 266 g/mol. The molecule has 0 aliphatic carbocycles. The highest BCUT2D eigenvalue weighted by atomic mass is 32.2. The van der Waals surface area contributed by atoms with Crippen LogP contribution in [0.25, 0.3) is 0 Å². The molecule has 0 saturated carbocycles. The van der Waals surface area contributed by atoms with Gasteiger partial charge in [0.15, 0.2) is 0 Å². The molecule has 1 N–H and O–H groups in total. The van der Waals surface area contributed by atoms with E-state index in [2.05, 4.69) is 4.98 Å². The Morgan fingerprint density at radius 1 is 1.37 bits per heavy atom. The fraction of sp³-hybridized carbons (Fsp3) is 0.462. The zero-order chi connectivity index (χ0) is 14.3. The van der Waals surface area contributed by atoms with Gasteiger partial charge in [-0.1, -0.05) is 25.1 Å². The zero-order valence-electron chi connectivity index (χ0n) is 11.0. The first-order valence-corrected chi connectivity index (χ1v) is 7.08. The van der Waals surface area contributed by atoms with Crippen LogP contribution in [0, 0.1) is 0 Å². The molecule has 5 nitrogen and oxygen atoms in total. The Morgan fingerprint density at radius 3 is 2.68 bits per heavy atom. The molecule has 0 atom stereocenters. The topological polar surface area (TPSA) is 76.5 Å². The summed E-state index contributed by atoms with van der Waals surface area (Å²) in [5.74, 6) is -1.18. The smallest absolute Gasteiger partial charge is 0.335 e. The monoisotopic (exact) mass is 283 g/mol. The Morgan fingerprint density at radius 2 is 2.11 bits per heavy atom. The van der Waals surface area contributed by atoms with Crippen LogP contribution in [-0.4, -0.2) is 34.4 Å². The van der Waals surface area contributed by atoms with Crippen molar-refractivity contribution in [3.05, 3.63) is 23.4 Å². The van der Waals surface area contributed by atoms with E-state index in [0.29, 0.717) is 18.1 Å². The minimum absolute atomic E-state index is 0.134. The molecule has 6 heteroatoms. The predicted molar refractivity (Wildman–Crippen MR) is 72.5 cm³/mol. The Hall–Kier alpha value is -1.56. The minimum Gasteiger partial charge on any atom is -0.478 e. The van der Waals surface area contributed by atoms with Crippen molar-refractivity contribution in [1.82, 2.24) is 4.98 Å². The molecule has 0 bridgehead atoms. The molecule has 0 aromatic carbocycles. The Labute approximate surface area is 116 Å². The summed E-state index contributed by atoms with van der Waals surface area (Å²) < 4.78 is 4.82. The number of carboxylic acid groups (broad SMARTS) is 1. The lowest BCUT2D eigenvalue weighted by Gasteiger charge is -2.06. The number of aromatic nitrogens is 1. The first-order chi connectivity index (χ1) is 9.06. The highest BCUT2D eigenvalue weighted by Crippen LogP contribution is 2.19. The van der Waals surface area contributed by atoms with Gasteiger partial charge in [-0.25, -0.2) is 9.78 Å². The van der Waals surface area contributed by atoms with Crippen molar-refractivity contribution in [2.45, 2.75) is 31.7 Å². The second-order valence-electron chi connectivity index (χ2n) is 3.83. The molecule has 0 aliphatic rings. The summed E-state index contributed by atoms with van der Waals surface area (Å²) in [6.07, 6.45) is 1.60. The highest BCUT2D eigenvalue weighted by molar-refractivity contribution is 7.99. The maximum atomic E-state index is 11.3. The molecule has 0 amide bonds. The van der Waals surface area contributed by atoms with Gasteiger partial charge >= 0.3 is 11.9 Å². The number of carboxylic acids is 1. The van der Waals surface area contributed by atoms with E-state index in [4.69, 9.17) is 9.84 Å². The Kier molecular flexibility index (Phi) is 6.35. The van der Waals surface area contributed by atoms with Gasteiger partial charge in [0.05, 0.1) is 22.9 Å². The number of hydrogen-bond acceptors (Lipinski definition) is 5. The van der Waals surface area contributed by atoms with Crippen LogP contribution in [0.5, 0.6) is 0 Å². The number of aryl methyl sites for hydroxylation is 1. The van der Waals surface area contributed by atoms with Gasteiger partial charge in [0.1, 0.15) is 0 Å². The first kappa shape index (κ1) is 15.5. The molecule has 0 fully saturated rings. The summed E-state index contributed by atoms with van der Waals surface area (Å²) in [6.45, 7) is 4.08. The maximum Gasteiger partial charge on any atom is 0.335 e. The van der Waals surface area contributed by atoms with Crippen LogP contribution in [-0.2, 0) is 16.0 Å². The van der Waals surface area contributed by atoms with Crippen LogP contribution in [0.1, 0.15) is 36.3 Å². The molecule has 1 heterocycles. The van der Waals surface area contributed by atoms with Gasteiger partial charge in [-0.3, -0.25) is 4.79 Å². The third-order valence-electron chi connectivity index (χ3n) is 2.25. The minimum atomic E-state index is -0.988. The van der Waals surface area contributed by atoms with Gasteiger partial charge in [-0.15, -0.1) is 0 Å². The highest BCUT2D eigenvalue weighted by Gasteiger charge is 2.10. The van der Waals surface area contributed by atoms with Crippen molar-refractivity contribution >= 4 is 23.7 Å². The number of aromatic carboxylic acids is 1. The summed E-state index contributed by atoms with van der Waals surface area (Å²) in [5.41, 5.74) is 0.929. The molecule has 0 aliphatic heterocycles. The predicted octanol–water partition coefficient (Wildman–Crippen LogP) is 2.39. The van der Waals surface area contributed by atoms with E-state index in [-0.39, 0.29) is 17.3 Å². The summed E-state index contributed by atoms with van der Waals surface area (Å²) in [4.78, 5) is 26.6. The molecule has 0 radical (unpaired) electrons. The van der Waals surface area contributed by atoms with E-state index in [1.807, 2.05) is 6.92 Å². The number of rotatable bonds is 7. The average Bonchev–Trinajstić information content (AvgIpc) is 2.37. The van der Waals surface area contributed by atoms with Gasteiger partial charge in [0.2, 0.25) is 0 Å². The van der Waals surface area contributed by atoms with Gasteiger partial charge in [0, 0.05) is 5.69 Å². The van der Waals surface area contributed by atoms with Gasteiger partial charge < -0.3 is 9.84 Å². The molecule has 104 valence electrons. The molecule has 0 saturated heterocycles. The SMILES string of the molecule is CCCc1cc(C(=O)O)cc(SCC(=O)OCC)n1. The molecular formula is C13H17NO4S. The van der Waals surface area contributed by atoms with Crippen LogP contribution in [0.4, 0.5) is 0 Å². The number of carbonyl (C=O) groups excluding carboxylic acids is 1. The Bertz CT molecular complexity index is 462. The van der Waals surface area contributed by atoms with Gasteiger partial charge in [-0.05, 0) is 25.5 Å². The van der Waals surface area contributed by atoms with Crippen LogP contribution in [0.2, 0.25) is 0 Å². The van der Waals surface area contributed by atoms with Crippen LogP contribution < -0.4 is 0 Å². The van der Waals surface area contributed by atoms with Gasteiger partial charge in [0.25, 0.3) is 0 Å². The van der Waals surface area contributed by atoms with Crippen LogP contribution in [0.3, 0.4) is 0 Å². The second-order valence-corrected chi connectivity index (χ2v) is 4.83. The van der Waals surface area contributed by atoms with Crippen molar-refractivity contribution in [3.8, 4) is 0 Å². The van der Waals surface area contributed by atoms with Crippen molar-refractivity contribution in [2.75, 3.05) is 12.4 Å². The molecule has 19 heavy (non-hydrogen) atoms. The largest absolute Gasteiger partial charge is 0.478 e. The number of thioether (sulfide) groups is 1. The fourth-order valence-electron chi connectivity index (χ4n) is 1.48. The summed E-state index contributed by atoms with van der Waals surface area (Å²) in [7, 11) is 0. The maximum absolute atomic E-state index is 11.3. The van der Waals surface area contributed by atoms with E-state index in [1.54, 1.807) is 13.0 Å². The van der Waals surface area contributed by atoms with Crippen molar-refractivity contribution in [3.63, 3.8) is 0 Å². The van der Waals surface area contributed by atoms with Gasteiger partial charge in [-0.2, -0.15) is 0 Å². The lowest BCUT2D eigenvalue weighted by atomic mass is 10.2. The number of esters is 1. The van der Waals surface area contributed by atoms with Crippen molar-refractivity contribution in [2.24, 2.45) is 0 Å². The summed E-state index contributed by atoms with van der Waals surface area (Å²) in [5, 5.41) is 9.57. The molecule has 0 spiro atoms. The lowest BCUT2D eigenvalue weighted by molar-refractivity contribution is -0.139. The molecule has 1 aromatic heterocycles. The summed E-state index contributed by atoms with van der Waals surface area (Å²) >= 11 is 1.19. The van der Waals surface area contributed by atoms with E-state index in [0.717, 1.165) is 12.1 Å². The molecule has 0 unspecified atom stereocenters. The Balaban J connectivity index is 2.81. The van der Waals surface area contributed by atoms with Crippen LogP contribution in [0.15, 0.2) is 17.2 Å². The van der Waals surface area contributed by atoms with E-state index >= 15 is 0 Å². The van der Waals surface area contributed by atoms with Crippen LogP contribution >= 0.6 is 11.8 Å². The number of nitrogens with zero attached hydrogens (tertiary/aromatic N) is 1. The third kappa shape index (κ3) is 5.30. The van der Waals surface area contributed by atoms with E-state index in [1.165, 1.54) is 17.8 Å². The number of pyridine rings is 1. The standard InChI is InChI=1S/C13H17NO4S/c1-3-5-10-6-9(13(16)17)7-11(14-10)19-8-12(15)18-4-2/h6-7H,3-5,8H2,1-2H3,(H,16,17). The van der Waals surface area contributed by atoms with E-state index < -0.39 is 5.97 Å². The van der Waals surface area contributed by atoms with Crippen molar-refractivity contribution in [1.29, 1.82) is 0 Å². The van der Waals surface area contributed by atoms with E-state index in [9.17, 15) is 9.59 Å². The second kappa shape index (κ2) is 7.78. The number of hydrogen-bond donors (Lipinski definition) is 1.